The fourth-order valence-corrected chi connectivity index (χ4v) is 7.09. The third-order valence-electron chi connectivity index (χ3n) is 6.49. The predicted octanol–water partition coefficient (Wildman–Crippen LogP) is 3.37. The molecule has 4 saturated carbocycles. The molecule has 4 aliphatic rings. The Bertz CT molecular complexity index is 432. The second-order valence-electron chi connectivity index (χ2n) is 7.09. The van der Waals surface area contributed by atoms with Crippen LogP contribution in [0.5, 0.6) is 0 Å². The van der Waals surface area contributed by atoms with Crippen molar-refractivity contribution in [3.05, 3.63) is 0 Å². The number of rotatable bonds is 0. The van der Waals surface area contributed by atoms with Crippen LogP contribution in [0.25, 0.3) is 0 Å². The van der Waals surface area contributed by atoms with Crippen LogP contribution in [-0.4, -0.2) is 16.4 Å². The summed E-state index contributed by atoms with van der Waals surface area (Å²) in [5.74, 6) is 2.52. The molecule has 4 fully saturated rings. The summed E-state index contributed by atoms with van der Waals surface area (Å²) >= 11 is 3.84. The van der Waals surface area contributed by atoms with Gasteiger partial charge in [0.1, 0.15) is 0 Å². The Labute approximate surface area is 122 Å². The topological polar surface area (TPSA) is 34.1 Å². The lowest BCUT2D eigenvalue weighted by atomic mass is 9.54. The van der Waals surface area contributed by atoms with E-state index in [9.17, 15) is 9.59 Å². The maximum absolute atomic E-state index is 12.4. The highest BCUT2D eigenvalue weighted by Gasteiger charge is 2.61. The number of carbonyl (C=O) groups is 2. The molecule has 0 aromatic carbocycles. The number of Topliss-reactive ketones (excluding diaryl/α,β-unsaturated/α-hetero) is 2. The molecule has 0 saturated heterocycles. The normalized spacial score (nSPS) is 52.8. The minimum absolute atomic E-state index is 0.0159. The summed E-state index contributed by atoms with van der Waals surface area (Å²) in [4.78, 5) is 24.9. The number of ketones is 2. The van der Waals surface area contributed by atoms with Crippen molar-refractivity contribution in [3.8, 4) is 0 Å². The van der Waals surface area contributed by atoms with Crippen LogP contribution in [0.1, 0.15) is 44.9 Å². The molecule has 0 aromatic rings. The number of fused-ring (bicyclic) bond motifs is 2. The standard InChI is InChI=1S/C16H21BrO2/c17-14-10-5-2-1-4-8(10)9-6-3-7-11-12(9)13(14)16(19)15(11)18/h8-14H,1-7H2. The Morgan fingerprint density at radius 1 is 0.789 bits per heavy atom. The van der Waals surface area contributed by atoms with Gasteiger partial charge in [0.2, 0.25) is 11.6 Å². The SMILES string of the molecule is O=C1C(=O)C2C(Br)C3CCCCC3C3CCCC1C32. The zero-order valence-electron chi connectivity index (χ0n) is 11.2. The first-order valence-corrected chi connectivity index (χ1v) is 8.84. The lowest BCUT2D eigenvalue weighted by molar-refractivity contribution is -0.137. The summed E-state index contributed by atoms with van der Waals surface area (Å²) in [7, 11) is 0. The molecule has 19 heavy (non-hydrogen) atoms. The van der Waals surface area contributed by atoms with Crippen molar-refractivity contribution in [2.75, 3.05) is 0 Å². The summed E-state index contributed by atoms with van der Waals surface area (Å²) in [6, 6.07) is 0. The molecular formula is C16H21BrO2. The average Bonchev–Trinajstić information content (AvgIpc) is 2.70. The second-order valence-corrected chi connectivity index (χ2v) is 8.15. The van der Waals surface area contributed by atoms with E-state index in [4.69, 9.17) is 0 Å². The van der Waals surface area contributed by atoms with E-state index in [2.05, 4.69) is 15.9 Å². The summed E-state index contributed by atoms with van der Waals surface area (Å²) < 4.78 is 0. The van der Waals surface area contributed by atoms with Crippen LogP contribution in [0.4, 0.5) is 0 Å². The molecule has 0 spiro atoms. The van der Waals surface area contributed by atoms with Crippen LogP contribution in [-0.2, 0) is 9.59 Å². The number of carbonyl (C=O) groups excluding carboxylic acids is 2. The molecule has 0 radical (unpaired) electrons. The quantitative estimate of drug-likeness (QED) is 0.505. The van der Waals surface area contributed by atoms with Gasteiger partial charge in [0, 0.05) is 16.7 Å². The van der Waals surface area contributed by atoms with Crippen LogP contribution >= 0.6 is 15.9 Å². The summed E-state index contributed by atoms with van der Waals surface area (Å²) in [6.45, 7) is 0. The fourth-order valence-electron chi connectivity index (χ4n) is 5.84. The molecule has 3 heteroatoms. The van der Waals surface area contributed by atoms with E-state index < -0.39 is 0 Å². The van der Waals surface area contributed by atoms with Gasteiger partial charge in [-0.15, -0.1) is 0 Å². The Morgan fingerprint density at radius 3 is 2.26 bits per heavy atom. The van der Waals surface area contributed by atoms with Crippen LogP contribution in [0.15, 0.2) is 0 Å². The van der Waals surface area contributed by atoms with Crippen molar-refractivity contribution < 1.29 is 9.59 Å². The monoisotopic (exact) mass is 324 g/mol. The van der Waals surface area contributed by atoms with Gasteiger partial charge in [-0.2, -0.15) is 0 Å². The highest BCUT2D eigenvalue weighted by Crippen LogP contribution is 2.60. The van der Waals surface area contributed by atoms with E-state index in [1.54, 1.807) is 0 Å². The minimum atomic E-state index is -0.0344. The summed E-state index contributed by atoms with van der Waals surface area (Å²) in [5.41, 5.74) is 0. The number of alkyl halides is 1. The molecule has 4 aliphatic carbocycles. The van der Waals surface area contributed by atoms with Gasteiger partial charge in [0.25, 0.3) is 0 Å². The molecule has 104 valence electrons. The van der Waals surface area contributed by atoms with Crippen LogP contribution in [0.3, 0.4) is 0 Å². The first kappa shape index (κ1) is 12.6. The molecule has 7 unspecified atom stereocenters. The smallest absolute Gasteiger partial charge is 0.203 e. The minimum Gasteiger partial charge on any atom is -0.291 e. The Hall–Kier alpha value is -0.180. The number of halogens is 1. The largest absolute Gasteiger partial charge is 0.291 e. The molecule has 7 atom stereocenters. The van der Waals surface area contributed by atoms with Crippen molar-refractivity contribution in [3.63, 3.8) is 0 Å². The Balaban J connectivity index is 1.76. The average molecular weight is 325 g/mol. The van der Waals surface area contributed by atoms with Gasteiger partial charge in [-0.3, -0.25) is 9.59 Å². The van der Waals surface area contributed by atoms with Gasteiger partial charge in [-0.25, -0.2) is 0 Å². The van der Waals surface area contributed by atoms with Gasteiger partial charge in [0.15, 0.2) is 0 Å². The number of hydrogen-bond acceptors (Lipinski definition) is 2. The van der Waals surface area contributed by atoms with Crippen molar-refractivity contribution in [2.45, 2.75) is 49.8 Å². The molecule has 0 heterocycles. The third kappa shape index (κ3) is 1.60. The van der Waals surface area contributed by atoms with Gasteiger partial charge < -0.3 is 0 Å². The zero-order chi connectivity index (χ0) is 13.1. The van der Waals surface area contributed by atoms with Crippen molar-refractivity contribution in [1.29, 1.82) is 0 Å². The zero-order valence-corrected chi connectivity index (χ0v) is 12.8. The highest BCUT2D eigenvalue weighted by molar-refractivity contribution is 9.09. The van der Waals surface area contributed by atoms with E-state index in [-0.39, 0.29) is 28.2 Å². The van der Waals surface area contributed by atoms with Crippen molar-refractivity contribution in [2.24, 2.45) is 35.5 Å². The highest BCUT2D eigenvalue weighted by atomic mass is 79.9. The number of hydrogen-bond donors (Lipinski definition) is 0. The Kier molecular flexibility index (Phi) is 2.91. The summed E-state index contributed by atoms with van der Waals surface area (Å²) in [5, 5.41) is 0. The molecule has 0 aromatic heterocycles. The van der Waals surface area contributed by atoms with E-state index >= 15 is 0 Å². The van der Waals surface area contributed by atoms with E-state index in [0.717, 1.165) is 18.8 Å². The van der Waals surface area contributed by atoms with E-state index in [1.165, 1.54) is 32.1 Å². The second kappa shape index (κ2) is 4.41. The lowest BCUT2D eigenvalue weighted by Crippen LogP contribution is -2.50. The van der Waals surface area contributed by atoms with Gasteiger partial charge in [-0.05, 0) is 49.4 Å². The Morgan fingerprint density at radius 2 is 1.47 bits per heavy atom. The van der Waals surface area contributed by atoms with Crippen molar-refractivity contribution >= 4 is 27.5 Å². The molecule has 0 N–H and O–H groups in total. The maximum atomic E-state index is 12.4. The van der Waals surface area contributed by atoms with Crippen LogP contribution in [0, 0.1) is 35.5 Å². The van der Waals surface area contributed by atoms with E-state index in [0.29, 0.717) is 17.8 Å². The molecule has 2 nitrogen and oxygen atoms in total. The first-order chi connectivity index (χ1) is 9.20. The molecule has 0 aliphatic heterocycles. The van der Waals surface area contributed by atoms with Crippen molar-refractivity contribution in [1.82, 2.24) is 0 Å². The molecule has 4 rings (SSSR count). The van der Waals surface area contributed by atoms with E-state index in [1.807, 2.05) is 0 Å². The molecule has 0 bridgehead atoms. The van der Waals surface area contributed by atoms with Crippen LogP contribution < -0.4 is 0 Å². The van der Waals surface area contributed by atoms with Gasteiger partial charge in [0.05, 0.1) is 0 Å². The summed E-state index contributed by atoms with van der Waals surface area (Å²) in [6.07, 6.45) is 8.63. The molecular weight excluding hydrogens is 304 g/mol. The maximum Gasteiger partial charge on any atom is 0.203 e. The lowest BCUT2D eigenvalue weighted by Gasteiger charge is -2.52. The first-order valence-electron chi connectivity index (χ1n) is 7.92. The van der Waals surface area contributed by atoms with Gasteiger partial charge in [-0.1, -0.05) is 35.2 Å². The van der Waals surface area contributed by atoms with Gasteiger partial charge >= 0.3 is 0 Å². The molecule has 0 amide bonds. The predicted molar refractivity (Wildman–Crippen MR) is 76.0 cm³/mol. The van der Waals surface area contributed by atoms with Crippen LogP contribution in [0.2, 0.25) is 0 Å². The fraction of sp³-hybridized carbons (Fsp3) is 0.875. The third-order valence-corrected chi connectivity index (χ3v) is 7.73.